The Labute approximate surface area is 86.5 Å². The van der Waals surface area contributed by atoms with Crippen molar-refractivity contribution >= 4 is 17.3 Å². The Balaban J connectivity index is 3.00. The van der Waals surface area contributed by atoms with Crippen LogP contribution in [0.1, 0.15) is 6.92 Å². The number of hydrogen-bond donors (Lipinski definition) is 1. The first kappa shape index (κ1) is 11.0. The molecule has 0 aliphatic heterocycles. The molecule has 1 heterocycles. The SMILES string of the molecule is COC(C)Cn1cnc(Cl)c(N)c1=O. The average molecular weight is 218 g/mol. The maximum atomic E-state index is 11.5. The number of nitrogens with zero attached hydrogens (tertiary/aromatic N) is 2. The van der Waals surface area contributed by atoms with Crippen LogP contribution in [0.25, 0.3) is 0 Å². The summed E-state index contributed by atoms with van der Waals surface area (Å²) in [7, 11) is 1.57. The van der Waals surface area contributed by atoms with Crippen LogP contribution in [0.3, 0.4) is 0 Å². The molecule has 0 amide bonds. The fourth-order valence-corrected chi connectivity index (χ4v) is 1.09. The summed E-state index contributed by atoms with van der Waals surface area (Å²) < 4.78 is 6.39. The van der Waals surface area contributed by atoms with Crippen molar-refractivity contribution < 1.29 is 4.74 Å². The summed E-state index contributed by atoms with van der Waals surface area (Å²) in [6.45, 7) is 2.25. The van der Waals surface area contributed by atoms with E-state index in [1.165, 1.54) is 10.9 Å². The van der Waals surface area contributed by atoms with E-state index in [0.29, 0.717) is 6.54 Å². The Morgan fingerprint density at radius 2 is 2.43 bits per heavy atom. The second-order valence-corrected chi connectivity index (χ2v) is 3.31. The fraction of sp³-hybridized carbons (Fsp3) is 0.500. The van der Waals surface area contributed by atoms with E-state index in [9.17, 15) is 4.79 Å². The second kappa shape index (κ2) is 4.43. The number of halogens is 1. The molecule has 6 heteroatoms. The number of anilines is 1. The third-order valence-electron chi connectivity index (χ3n) is 1.88. The molecule has 0 fully saturated rings. The molecule has 78 valence electrons. The first-order chi connectivity index (χ1) is 6.56. The molecule has 0 radical (unpaired) electrons. The minimum atomic E-state index is -0.339. The van der Waals surface area contributed by atoms with Crippen molar-refractivity contribution in [1.82, 2.24) is 9.55 Å². The van der Waals surface area contributed by atoms with E-state index in [4.69, 9.17) is 22.1 Å². The minimum absolute atomic E-state index is 0.0301. The van der Waals surface area contributed by atoms with E-state index in [-0.39, 0.29) is 22.5 Å². The lowest BCUT2D eigenvalue weighted by Gasteiger charge is -2.11. The zero-order chi connectivity index (χ0) is 10.7. The van der Waals surface area contributed by atoms with Gasteiger partial charge in [0.05, 0.1) is 19.0 Å². The van der Waals surface area contributed by atoms with Crippen molar-refractivity contribution in [3.05, 3.63) is 21.8 Å². The molecule has 0 aliphatic rings. The first-order valence-electron chi connectivity index (χ1n) is 4.09. The zero-order valence-electron chi connectivity index (χ0n) is 8.03. The van der Waals surface area contributed by atoms with Gasteiger partial charge in [-0.1, -0.05) is 11.6 Å². The van der Waals surface area contributed by atoms with E-state index < -0.39 is 0 Å². The highest BCUT2D eigenvalue weighted by Gasteiger charge is 2.08. The van der Waals surface area contributed by atoms with Crippen molar-refractivity contribution in [2.45, 2.75) is 19.6 Å². The highest BCUT2D eigenvalue weighted by Crippen LogP contribution is 2.08. The Hall–Kier alpha value is -1.07. The van der Waals surface area contributed by atoms with E-state index in [1.807, 2.05) is 6.92 Å². The van der Waals surface area contributed by atoms with E-state index in [1.54, 1.807) is 7.11 Å². The number of rotatable bonds is 3. The normalized spacial score (nSPS) is 12.8. The average Bonchev–Trinajstić information content (AvgIpc) is 2.19. The van der Waals surface area contributed by atoms with Crippen LogP contribution in [-0.2, 0) is 11.3 Å². The van der Waals surface area contributed by atoms with Crippen molar-refractivity contribution in [3.8, 4) is 0 Å². The predicted octanol–water partition coefficient (Wildman–Crippen LogP) is 0.514. The van der Waals surface area contributed by atoms with Crippen LogP contribution in [0.2, 0.25) is 5.15 Å². The Morgan fingerprint density at radius 3 is 3.00 bits per heavy atom. The highest BCUT2D eigenvalue weighted by molar-refractivity contribution is 6.31. The van der Waals surface area contributed by atoms with Crippen LogP contribution in [0.4, 0.5) is 5.69 Å². The molecule has 1 atom stereocenters. The summed E-state index contributed by atoms with van der Waals surface area (Å²) in [6.07, 6.45) is 1.28. The summed E-state index contributed by atoms with van der Waals surface area (Å²) in [5.74, 6) is 0. The minimum Gasteiger partial charge on any atom is -0.392 e. The van der Waals surface area contributed by atoms with Gasteiger partial charge in [0.2, 0.25) is 0 Å². The van der Waals surface area contributed by atoms with Gasteiger partial charge < -0.3 is 10.5 Å². The molecule has 0 aromatic carbocycles. The Morgan fingerprint density at radius 1 is 1.79 bits per heavy atom. The van der Waals surface area contributed by atoms with Gasteiger partial charge in [-0.2, -0.15) is 0 Å². The Kier molecular flexibility index (Phi) is 3.49. The molecular weight excluding hydrogens is 206 g/mol. The van der Waals surface area contributed by atoms with Crippen molar-refractivity contribution in [3.63, 3.8) is 0 Å². The van der Waals surface area contributed by atoms with Crippen LogP contribution in [-0.4, -0.2) is 22.8 Å². The van der Waals surface area contributed by atoms with Crippen molar-refractivity contribution in [2.24, 2.45) is 0 Å². The van der Waals surface area contributed by atoms with Crippen LogP contribution in [0.15, 0.2) is 11.1 Å². The van der Waals surface area contributed by atoms with Crippen molar-refractivity contribution in [1.29, 1.82) is 0 Å². The van der Waals surface area contributed by atoms with Gasteiger partial charge in [-0.3, -0.25) is 9.36 Å². The first-order valence-corrected chi connectivity index (χ1v) is 4.47. The summed E-state index contributed by atoms with van der Waals surface area (Å²) in [6, 6.07) is 0. The number of methoxy groups -OCH3 is 1. The largest absolute Gasteiger partial charge is 0.392 e. The highest BCUT2D eigenvalue weighted by atomic mass is 35.5. The lowest BCUT2D eigenvalue weighted by atomic mass is 10.4. The fourth-order valence-electron chi connectivity index (χ4n) is 0.967. The summed E-state index contributed by atoms with van der Waals surface area (Å²) in [4.78, 5) is 15.3. The molecule has 2 N–H and O–H groups in total. The lowest BCUT2D eigenvalue weighted by Crippen LogP contribution is -2.28. The molecule has 1 aromatic rings. The molecule has 0 saturated heterocycles. The molecule has 1 rings (SSSR count). The molecule has 0 bridgehead atoms. The van der Waals surface area contributed by atoms with Crippen LogP contribution in [0, 0.1) is 0 Å². The number of nitrogen functional groups attached to an aromatic ring is 1. The third kappa shape index (κ3) is 2.24. The van der Waals surface area contributed by atoms with Gasteiger partial charge >= 0.3 is 0 Å². The van der Waals surface area contributed by atoms with Gasteiger partial charge in [-0.25, -0.2) is 4.98 Å². The van der Waals surface area contributed by atoms with Crippen LogP contribution >= 0.6 is 11.6 Å². The third-order valence-corrected chi connectivity index (χ3v) is 2.18. The van der Waals surface area contributed by atoms with E-state index in [2.05, 4.69) is 4.98 Å². The number of hydrogen-bond acceptors (Lipinski definition) is 4. The maximum Gasteiger partial charge on any atom is 0.278 e. The topological polar surface area (TPSA) is 70.1 Å². The van der Waals surface area contributed by atoms with E-state index >= 15 is 0 Å². The number of aromatic nitrogens is 2. The van der Waals surface area contributed by atoms with Gasteiger partial charge in [0.15, 0.2) is 5.15 Å². The standard InChI is InChI=1S/C8H12ClN3O2/c1-5(14-2)3-12-4-11-7(9)6(10)8(12)13/h4-5H,3,10H2,1-2H3. The van der Waals surface area contributed by atoms with Crippen LogP contribution < -0.4 is 11.3 Å². The number of nitrogens with two attached hydrogens (primary N) is 1. The smallest absolute Gasteiger partial charge is 0.278 e. The predicted molar refractivity (Wildman–Crippen MR) is 54.4 cm³/mol. The second-order valence-electron chi connectivity index (χ2n) is 2.95. The Bertz CT molecular complexity index is 377. The van der Waals surface area contributed by atoms with Gasteiger partial charge in [0.25, 0.3) is 5.56 Å². The molecular formula is C8H12ClN3O2. The molecule has 14 heavy (non-hydrogen) atoms. The van der Waals surface area contributed by atoms with E-state index in [0.717, 1.165) is 0 Å². The van der Waals surface area contributed by atoms with Crippen LogP contribution in [0.5, 0.6) is 0 Å². The summed E-state index contributed by atoms with van der Waals surface area (Å²) >= 11 is 5.58. The molecule has 0 saturated carbocycles. The lowest BCUT2D eigenvalue weighted by molar-refractivity contribution is 0.102. The van der Waals surface area contributed by atoms with Gasteiger partial charge in [-0.15, -0.1) is 0 Å². The number of ether oxygens (including phenoxy) is 1. The molecule has 1 aromatic heterocycles. The summed E-state index contributed by atoms with van der Waals surface area (Å²) in [5.41, 5.74) is 5.06. The van der Waals surface area contributed by atoms with Gasteiger partial charge in [0.1, 0.15) is 5.69 Å². The molecule has 1 unspecified atom stereocenters. The van der Waals surface area contributed by atoms with Gasteiger partial charge in [0, 0.05) is 7.11 Å². The molecule has 0 spiro atoms. The van der Waals surface area contributed by atoms with Gasteiger partial charge in [-0.05, 0) is 6.92 Å². The molecule has 5 nitrogen and oxygen atoms in total. The van der Waals surface area contributed by atoms with Crippen molar-refractivity contribution in [2.75, 3.05) is 12.8 Å². The molecule has 0 aliphatic carbocycles. The maximum absolute atomic E-state index is 11.5. The quantitative estimate of drug-likeness (QED) is 0.750. The zero-order valence-corrected chi connectivity index (χ0v) is 8.78. The monoisotopic (exact) mass is 217 g/mol. The summed E-state index contributed by atoms with van der Waals surface area (Å²) in [5, 5.41) is 0.0383.